The van der Waals surface area contributed by atoms with Gasteiger partial charge in [-0.1, -0.05) is 0 Å². The second-order valence-electron chi connectivity index (χ2n) is 5.76. The fourth-order valence-electron chi connectivity index (χ4n) is 2.68. The van der Waals surface area contributed by atoms with E-state index in [9.17, 15) is 14.4 Å². The zero-order valence-electron chi connectivity index (χ0n) is 14.3. The normalized spacial score (nSPS) is 16.9. The third-order valence-corrected chi connectivity index (χ3v) is 4.11. The number of aliphatic carboxylic acids is 1. The molecule has 0 aliphatic carbocycles. The number of benzene rings is 1. The van der Waals surface area contributed by atoms with Gasteiger partial charge in [0.2, 0.25) is 0 Å². The number of likely N-dealkylation sites (tertiary alicyclic amines) is 1. The van der Waals surface area contributed by atoms with Crippen LogP contribution in [0.15, 0.2) is 18.2 Å². The molecule has 0 saturated carbocycles. The molecule has 25 heavy (non-hydrogen) atoms. The van der Waals surface area contributed by atoms with Gasteiger partial charge in [0.1, 0.15) is 0 Å². The first kappa shape index (κ1) is 18.6. The Bertz CT molecular complexity index is 661. The molecule has 8 nitrogen and oxygen atoms in total. The third kappa shape index (κ3) is 4.62. The van der Waals surface area contributed by atoms with Gasteiger partial charge in [0, 0.05) is 25.7 Å². The van der Waals surface area contributed by atoms with Crippen LogP contribution in [0.3, 0.4) is 0 Å². The van der Waals surface area contributed by atoms with Gasteiger partial charge in [-0.2, -0.15) is 0 Å². The van der Waals surface area contributed by atoms with Crippen LogP contribution in [0.25, 0.3) is 0 Å². The van der Waals surface area contributed by atoms with Crippen molar-refractivity contribution in [2.75, 3.05) is 33.9 Å². The number of carboxylic acids is 1. The zero-order chi connectivity index (χ0) is 18.4. The Morgan fingerprint density at radius 2 is 2.08 bits per heavy atom. The summed E-state index contributed by atoms with van der Waals surface area (Å²) in [6, 6.07) is 4.67. The van der Waals surface area contributed by atoms with Crippen molar-refractivity contribution in [3.8, 4) is 11.5 Å². The number of ether oxygens (including phenoxy) is 2. The second kappa shape index (κ2) is 8.36. The number of rotatable bonds is 6. The van der Waals surface area contributed by atoms with Crippen molar-refractivity contribution in [3.63, 3.8) is 0 Å². The van der Waals surface area contributed by atoms with Crippen molar-refractivity contribution >= 4 is 17.8 Å². The molecule has 136 valence electrons. The molecule has 1 aliphatic heterocycles. The van der Waals surface area contributed by atoms with E-state index in [1.165, 1.54) is 20.2 Å². The number of hydrogen-bond donors (Lipinski definition) is 2. The molecular formula is C17H22N2O6. The summed E-state index contributed by atoms with van der Waals surface area (Å²) in [5.41, 5.74) is 0.384. The minimum atomic E-state index is -0.881. The van der Waals surface area contributed by atoms with Gasteiger partial charge in [0.05, 0.1) is 13.0 Å². The van der Waals surface area contributed by atoms with E-state index in [4.69, 9.17) is 14.6 Å². The molecule has 2 amide bonds. The van der Waals surface area contributed by atoms with Crippen LogP contribution in [0.5, 0.6) is 11.5 Å². The number of methoxy groups -OCH3 is 1. The fourth-order valence-corrected chi connectivity index (χ4v) is 2.68. The largest absolute Gasteiger partial charge is 0.493 e. The van der Waals surface area contributed by atoms with Gasteiger partial charge >= 0.3 is 5.97 Å². The molecule has 0 spiro atoms. The number of nitrogens with one attached hydrogen (secondary N) is 1. The predicted octanol–water partition coefficient (Wildman–Crippen LogP) is 0.757. The molecule has 2 N–H and O–H groups in total. The maximum absolute atomic E-state index is 12.6. The number of amides is 2. The monoisotopic (exact) mass is 350 g/mol. The molecule has 1 heterocycles. The number of carbonyl (C=O) groups excluding carboxylic acids is 2. The van der Waals surface area contributed by atoms with Crippen molar-refractivity contribution in [3.05, 3.63) is 23.8 Å². The van der Waals surface area contributed by atoms with E-state index in [1.807, 2.05) is 0 Å². The van der Waals surface area contributed by atoms with Gasteiger partial charge in [0.15, 0.2) is 18.1 Å². The molecule has 1 saturated heterocycles. The first-order valence-electron chi connectivity index (χ1n) is 7.99. The minimum Gasteiger partial charge on any atom is -0.493 e. The lowest BCUT2D eigenvalue weighted by Crippen LogP contribution is -2.42. The van der Waals surface area contributed by atoms with E-state index < -0.39 is 11.9 Å². The first-order chi connectivity index (χ1) is 12.0. The van der Waals surface area contributed by atoms with Crippen LogP contribution >= 0.6 is 0 Å². The highest BCUT2D eigenvalue weighted by molar-refractivity contribution is 5.95. The van der Waals surface area contributed by atoms with Crippen LogP contribution < -0.4 is 14.8 Å². The number of likely N-dealkylation sites (N-methyl/N-ethyl adjacent to an activating group) is 1. The Balaban J connectivity index is 2.12. The number of carboxylic acid groups (broad SMARTS) is 1. The van der Waals surface area contributed by atoms with Crippen molar-refractivity contribution < 1.29 is 29.0 Å². The van der Waals surface area contributed by atoms with Crippen molar-refractivity contribution in [1.82, 2.24) is 10.2 Å². The summed E-state index contributed by atoms with van der Waals surface area (Å²) in [5.74, 6) is -1.26. The molecule has 2 rings (SSSR count). The fraction of sp³-hybridized carbons (Fsp3) is 0.471. The topological polar surface area (TPSA) is 105 Å². The SMILES string of the molecule is CNC(=O)COc1ccc(C(=O)N2CCCC(C(=O)O)C2)cc1OC. The Kier molecular flexibility index (Phi) is 6.21. The van der Waals surface area contributed by atoms with Crippen molar-refractivity contribution in [2.45, 2.75) is 12.8 Å². The van der Waals surface area contributed by atoms with Crippen LogP contribution in [0.1, 0.15) is 23.2 Å². The van der Waals surface area contributed by atoms with Gasteiger partial charge < -0.3 is 24.8 Å². The summed E-state index contributed by atoms with van der Waals surface area (Å²) < 4.78 is 10.6. The molecule has 1 aliphatic rings. The Morgan fingerprint density at radius 1 is 1.32 bits per heavy atom. The average molecular weight is 350 g/mol. The highest BCUT2D eigenvalue weighted by Crippen LogP contribution is 2.29. The van der Waals surface area contributed by atoms with Gasteiger partial charge in [-0.3, -0.25) is 14.4 Å². The highest BCUT2D eigenvalue weighted by atomic mass is 16.5. The molecule has 1 fully saturated rings. The van der Waals surface area contributed by atoms with Gasteiger partial charge in [-0.25, -0.2) is 0 Å². The van der Waals surface area contributed by atoms with Crippen molar-refractivity contribution in [1.29, 1.82) is 0 Å². The summed E-state index contributed by atoms with van der Waals surface area (Å²) in [6.45, 7) is 0.567. The van der Waals surface area contributed by atoms with Crippen LogP contribution in [0.2, 0.25) is 0 Å². The average Bonchev–Trinajstić information content (AvgIpc) is 2.65. The number of carbonyl (C=O) groups is 3. The standard InChI is InChI=1S/C17H22N2O6/c1-18-15(20)10-25-13-6-5-11(8-14(13)24-2)16(21)19-7-3-4-12(9-19)17(22)23/h5-6,8,12H,3-4,7,9-10H2,1-2H3,(H,18,20)(H,22,23). The second-order valence-corrected chi connectivity index (χ2v) is 5.76. The Hall–Kier alpha value is -2.77. The summed E-state index contributed by atoms with van der Waals surface area (Å²) >= 11 is 0. The Labute approximate surface area is 145 Å². The van der Waals surface area contributed by atoms with Crippen LogP contribution in [0, 0.1) is 5.92 Å². The van der Waals surface area contributed by atoms with E-state index >= 15 is 0 Å². The number of hydrogen-bond acceptors (Lipinski definition) is 5. The minimum absolute atomic E-state index is 0.160. The number of nitrogens with zero attached hydrogens (tertiary/aromatic N) is 1. The molecule has 0 radical (unpaired) electrons. The van der Waals surface area contributed by atoms with Crippen LogP contribution in [0.4, 0.5) is 0 Å². The number of piperidine rings is 1. The van der Waals surface area contributed by atoms with Gasteiger partial charge in [-0.05, 0) is 31.0 Å². The first-order valence-corrected chi connectivity index (χ1v) is 7.99. The lowest BCUT2D eigenvalue weighted by molar-refractivity contribution is -0.143. The van der Waals surface area contributed by atoms with E-state index in [0.29, 0.717) is 36.4 Å². The van der Waals surface area contributed by atoms with E-state index in [0.717, 1.165) is 0 Å². The Morgan fingerprint density at radius 3 is 2.72 bits per heavy atom. The molecule has 1 aromatic carbocycles. The summed E-state index contributed by atoms with van der Waals surface area (Å²) in [6.07, 6.45) is 1.24. The van der Waals surface area contributed by atoms with Crippen molar-refractivity contribution in [2.24, 2.45) is 5.92 Å². The highest BCUT2D eigenvalue weighted by Gasteiger charge is 2.29. The van der Waals surface area contributed by atoms with E-state index in [1.54, 1.807) is 17.0 Å². The third-order valence-electron chi connectivity index (χ3n) is 4.11. The molecule has 8 heteroatoms. The lowest BCUT2D eigenvalue weighted by Gasteiger charge is -2.30. The van der Waals surface area contributed by atoms with Crippen LogP contribution in [-0.2, 0) is 9.59 Å². The van der Waals surface area contributed by atoms with Crippen LogP contribution in [-0.4, -0.2) is 61.6 Å². The smallest absolute Gasteiger partial charge is 0.308 e. The lowest BCUT2D eigenvalue weighted by atomic mass is 9.97. The molecule has 0 aromatic heterocycles. The quantitative estimate of drug-likeness (QED) is 0.785. The molecular weight excluding hydrogens is 328 g/mol. The van der Waals surface area contributed by atoms with E-state index in [-0.39, 0.29) is 25.0 Å². The van der Waals surface area contributed by atoms with Gasteiger partial charge in [0.25, 0.3) is 11.8 Å². The molecule has 0 bridgehead atoms. The summed E-state index contributed by atoms with van der Waals surface area (Å²) in [4.78, 5) is 36.6. The van der Waals surface area contributed by atoms with E-state index in [2.05, 4.69) is 5.32 Å². The maximum Gasteiger partial charge on any atom is 0.308 e. The predicted molar refractivity (Wildman–Crippen MR) is 88.8 cm³/mol. The molecule has 1 aromatic rings. The summed E-state index contributed by atoms with van der Waals surface area (Å²) in [5, 5.41) is 11.6. The summed E-state index contributed by atoms with van der Waals surface area (Å²) in [7, 11) is 2.95. The molecule has 1 unspecified atom stereocenters. The maximum atomic E-state index is 12.6. The van der Waals surface area contributed by atoms with Gasteiger partial charge in [-0.15, -0.1) is 0 Å². The zero-order valence-corrected chi connectivity index (χ0v) is 14.3. The molecule has 1 atom stereocenters.